The second kappa shape index (κ2) is 10.4. The molecule has 0 aromatic heterocycles. The molecule has 2 aliphatic rings. The molecule has 0 saturated carbocycles. The summed E-state index contributed by atoms with van der Waals surface area (Å²) in [7, 11) is 1.69. The summed E-state index contributed by atoms with van der Waals surface area (Å²) < 4.78 is 24.7. The van der Waals surface area contributed by atoms with Crippen LogP contribution in [-0.4, -0.2) is 46.8 Å². The lowest BCUT2D eigenvalue weighted by Gasteiger charge is -2.31. The molecule has 0 amide bonds. The van der Waals surface area contributed by atoms with E-state index in [1.54, 1.807) is 7.11 Å². The molecule has 0 radical (unpaired) electrons. The zero-order chi connectivity index (χ0) is 21.8. The van der Waals surface area contributed by atoms with Crippen molar-refractivity contribution in [2.24, 2.45) is 5.92 Å². The highest BCUT2D eigenvalue weighted by molar-refractivity contribution is 8.17. The Morgan fingerprint density at radius 2 is 1.70 bits per heavy atom. The van der Waals surface area contributed by atoms with E-state index in [-0.39, 0.29) is 17.8 Å². The monoisotopic (exact) mass is 454 g/mol. The third kappa shape index (κ3) is 6.72. The number of methoxy groups -OCH3 is 1. The van der Waals surface area contributed by atoms with E-state index in [9.17, 15) is 0 Å². The standard InChI is InChI=1S/C24H38O4S2/c1-17(8-13-21-23(2,3)28-24(4,5)27-21)20(16-22-29-14-7-15-30-22)26-19-11-9-18(25-6)10-12-19/h9-12,17,20-22H,7-8,13-16H2,1-6H3/t17-,20+,21-/m0/s1. The Bertz CT molecular complexity index is 656. The lowest BCUT2D eigenvalue weighted by atomic mass is 9.90. The van der Waals surface area contributed by atoms with Crippen LogP contribution in [-0.2, 0) is 9.47 Å². The molecular formula is C24H38O4S2. The van der Waals surface area contributed by atoms with Crippen molar-refractivity contribution in [3.63, 3.8) is 0 Å². The van der Waals surface area contributed by atoms with E-state index in [0.29, 0.717) is 10.5 Å². The van der Waals surface area contributed by atoms with Gasteiger partial charge in [-0.15, -0.1) is 23.5 Å². The maximum Gasteiger partial charge on any atom is 0.164 e. The zero-order valence-corrected chi connectivity index (χ0v) is 20.9. The number of hydrogen-bond donors (Lipinski definition) is 0. The Morgan fingerprint density at radius 1 is 1.07 bits per heavy atom. The first-order chi connectivity index (χ1) is 14.2. The molecule has 0 spiro atoms. The molecule has 0 unspecified atom stereocenters. The summed E-state index contributed by atoms with van der Waals surface area (Å²) in [6, 6.07) is 7.96. The van der Waals surface area contributed by atoms with Crippen LogP contribution in [0.2, 0.25) is 0 Å². The summed E-state index contributed by atoms with van der Waals surface area (Å²) in [6.07, 6.45) is 4.70. The van der Waals surface area contributed by atoms with Crippen LogP contribution in [0.4, 0.5) is 0 Å². The molecule has 3 atom stereocenters. The van der Waals surface area contributed by atoms with Crippen LogP contribution < -0.4 is 9.47 Å². The van der Waals surface area contributed by atoms with Crippen molar-refractivity contribution in [3.05, 3.63) is 24.3 Å². The Kier molecular flexibility index (Phi) is 8.33. The third-order valence-electron chi connectivity index (χ3n) is 5.90. The van der Waals surface area contributed by atoms with E-state index in [1.165, 1.54) is 17.9 Å². The topological polar surface area (TPSA) is 36.9 Å². The van der Waals surface area contributed by atoms with Gasteiger partial charge in [0.2, 0.25) is 0 Å². The van der Waals surface area contributed by atoms with Gasteiger partial charge in [-0.2, -0.15) is 0 Å². The van der Waals surface area contributed by atoms with E-state index in [0.717, 1.165) is 30.8 Å². The van der Waals surface area contributed by atoms with Crippen molar-refractivity contribution in [1.82, 2.24) is 0 Å². The summed E-state index contributed by atoms with van der Waals surface area (Å²) in [6.45, 7) is 10.6. The molecule has 170 valence electrons. The molecule has 30 heavy (non-hydrogen) atoms. The molecule has 0 aliphatic carbocycles. The normalized spacial score (nSPS) is 25.6. The summed E-state index contributed by atoms with van der Waals surface area (Å²) in [5, 5.41) is 0. The first kappa shape index (κ1) is 24.1. The minimum atomic E-state index is -0.508. The number of benzene rings is 1. The molecule has 2 fully saturated rings. The van der Waals surface area contributed by atoms with Crippen molar-refractivity contribution in [3.8, 4) is 11.5 Å². The molecule has 2 saturated heterocycles. The van der Waals surface area contributed by atoms with E-state index in [4.69, 9.17) is 18.9 Å². The Balaban J connectivity index is 1.63. The first-order valence-electron chi connectivity index (χ1n) is 11.1. The van der Waals surface area contributed by atoms with Gasteiger partial charge in [0.05, 0.1) is 23.4 Å². The highest BCUT2D eigenvalue weighted by atomic mass is 32.2. The highest BCUT2D eigenvalue weighted by Gasteiger charge is 2.46. The van der Waals surface area contributed by atoms with Crippen LogP contribution in [0.5, 0.6) is 11.5 Å². The van der Waals surface area contributed by atoms with E-state index < -0.39 is 5.79 Å². The van der Waals surface area contributed by atoms with Gasteiger partial charge < -0.3 is 18.9 Å². The summed E-state index contributed by atoms with van der Waals surface area (Å²) in [5.41, 5.74) is -0.259. The largest absolute Gasteiger partial charge is 0.497 e. The number of thioether (sulfide) groups is 2. The molecule has 0 bridgehead atoms. The van der Waals surface area contributed by atoms with Crippen molar-refractivity contribution >= 4 is 23.5 Å². The maximum atomic E-state index is 6.53. The summed E-state index contributed by atoms with van der Waals surface area (Å²) in [5.74, 6) is 4.22. The maximum absolute atomic E-state index is 6.53. The molecule has 4 nitrogen and oxygen atoms in total. The van der Waals surface area contributed by atoms with Crippen molar-refractivity contribution in [2.45, 2.75) is 88.5 Å². The summed E-state index contributed by atoms with van der Waals surface area (Å²) >= 11 is 4.17. The zero-order valence-electron chi connectivity index (χ0n) is 19.3. The third-order valence-corrected chi connectivity index (χ3v) is 8.89. The average molecular weight is 455 g/mol. The van der Waals surface area contributed by atoms with Crippen molar-refractivity contribution < 1.29 is 18.9 Å². The smallest absolute Gasteiger partial charge is 0.164 e. The molecular weight excluding hydrogens is 416 g/mol. The van der Waals surface area contributed by atoms with Gasteiger partial charge in [-0.3, -0.25) is 0 Å². The van der Waals surface area contributed by atoms with E-state index in [1.807, 2.05) is 38.1 Å². The van der Waals surface area contributed by atoms with Gasteiger partial charge in [0.1, 0.15) is 17.6 Å². The van der Waals surface area contributed by atoms with E-state index >= 15 is 0 Å². The lowest BCUT2D eigenvalue weighted by Crippen LogP contribution is -2.35. The first-order valence-corrected chi connectivity index (χ1v) is 13.2. The molecule has 1 aromatic rings. The van der Waals surface area contributed by atoms with E-state index in [2.05, 4.69) is 44.3 Å². The predicted molar refractivity (Wildman–Crippen MR) is 128 cm³/mol. The number of rotatable bonds is 9. The molecule has 3 rings (SSSR count). The molecule has 1 aromatic carbocycles. The quantitative estimate of drug-likeness (QED) is 0.431. The van der Waals surface area contributed by atoms with Crippen LogP contribution in [0.15, 0.2) is 24.3 Å². The van der Waals surface area contributed by atoms with Gasteiger partial charge in [-0.25, -0.2) is 0 Å². The SMILES string of the molecule is COc1ccc(O[C@H](CC2SCCCS2)[C@@H](C)CC[C@@H]2OC(C)(C)OC2(C)C)cc1. The minimum absolute atomic E-state index is 0.106. The second-order valence-electron chi connectivity index (χ2n) is 9.36. The molecule has 2 heterocycles. The fourth-order valence-corrected chi connectivity index (χ4v) is 7.25. The van der Waals surface area contributed by atoms with Crippen molar-refractivity contribution in [2.75, 3.05) is 18.6 Å². The summed E-state index contributed by atoms with van der Waals surface area (Å²) in [4.78, 5) is 0. The molecule has 6 heteroatoms. The predicted octanol–water partition coefficient (Wildman–Crippen LogP) is 6.38. The molecule has 0 N–H and O–H groups in total. The Labute approximate surface area is 191 Å². The number of ether oxygens (including phenoxy) is 4. The Morgan fingerprint density at radius 3 is 2.27 bits per heavy atom. The van der Waals surface area contributed by atoms with Gasteiger partial charge in [0, 0.05) is 6.42 Å². The van der Waals surface area contributed by atoms with Gasteiger partial charge in [-0.1, -0.05) is 6.92 Å². The second-order valence-corrected chi connectivity index (χ2v) is 12.3. The molecule has 2 aliphatic heterocycles. The Hall–Kier alpha value is -0.560. The average Bonchev–Trinajstić information content (AvgIpc) is 2.93. The fourth-order valence-electron chi connectivity index (χ4n) is 4.30. The highest BCUT2D eigenvalue weighted by Crippen LogP contribution is 2.40. The van der Waals surface area contributed by atoms with Gasteiger partial charge >= 0.3 is 0 Å². The van der Waals surface area contributed by atoms with Crippen LogP contribution in [0.1, 0.15) is 60.3 Å². The van der Waals surface area contributed by atoms with Crippen LogP contribution >= 0.6 is 23.5 Å². The lowest BCUT2D eigenvalue weighted by molar-refractivity contribution is -0.157. The van der Waals surface area contributed by atoms with Gasteiger partial charge in [0.25, 0.3) is 0 Å². The van der Waals surface area contributed by atoms with Gasteiger partial charge in [-0.05, 0) is 88.6 Å². The van der Waals surface area contributed by atoms with Crippen LogP contribution in [0.3, 0.4) is 0 Å². The van der Waals surface area contributed by atoms with Crippen LogP contribution in [0.25, 0.3) is 0 Å². The van der Waals surface area contributed by atoms with Gasteiger partial charge in [0.15, 0.2) is 5.79 Å². The minimum Gasteiger partial charge on any atom is -0.497 e. The number of hydrogen-bond acceptors (Lipinski definition) is 6. The van der Waals surface area contributed by atoms with Crippen molar-refractivity contribution in [1.29, 1.82) is 0 Å². The van der Waals surface area contributed by atoms with Crippen LogP contribution in [0, 0.1) is 5.92 Å². The fraction of sp³-hybridized carbons (Fsp3) is 0.750.